The maximum absolute atomic E-state index is 10.2. The first-order valence-corrected chi connectivity index (χ1v) is 7.38. The van der Waals surface area contributed by atoms with Crippen molar-refractivity contribution in [2.45, 2.75) is 25.5 Å². The standard InChI is InChI=1S/C13H18ClNOS/c1-10-6-12(14)3-2-11(10)7-15-8-13(16)4-5-17-9-13/h2-3,6,15-16H,4-5,7-9H2,1H3/t13-/m0/s1. The highest BCUT2D eigenvalue weighted by Crippen LogP contribution is 2.27. The predicted molar refractivity (Wildman–Crippen MR) is 74.8 cm³/mol. The van der Waals surface area contributed by atoms with Gasteiger partial charge in [-0.1, -0.05) is 17.7 Å². The van der Waals surface area contributed by atoms with Gasteiger partial charge in [0.15, 0.2) is 0 Å². The van der Waals surface area contributed by atoms with E-state index in [1.807, 2.05) is 30.0 Å². The summed E-state index contributed by atoms with van der Waals surface area (Å²) in [5.41, 5.74) is 1.92. The Balaban J connectivity index is 1.85. The van der Waals surface area contributed by atoms with Gasteiger partial charge < -0.3 is 10.4 Å². The second-order valence-corrected chi connectivity index (χ2v) is 6.24. The Morgan fingerprint density at radius 2 is 2.35 bits per heavy atom. The molecule has 1 saturated heterocycles. The predicted octanol–water partition coefficient (Wildman–Crippen LogP) is 2.61. The van der Waals surface area contributed by atoms with Crippen LogP contribution in [0, 0.1) is 6.92 Å². The van der Waals surface area contributed by atoms with E-state index in [1.165, 1.54) is 11.1 Å². The van der Waals surface area contributed by atoms with Gasteiger partial charge in [-0.05, 0) is 42.4 Å². The first-order valence-electron chi connectivity index (χ1n) is 5.85. The van der Waals surface area contributed by atoms with Gasteiger partial charge in [0.05, 0.1) is 5.60 Å². The van der Waals surface area contributed by atoms with Crippen molar-refractivity contribution in [1.82, 2.24) is 5.32 Å². The molecule has 2 N–H and O–H groups in total. The third-order valence-electron chi connectivity index (χ3n) is 3.16. The molecule has 0 radical (unpaired) electrons. The Kier molecular flexibility index (Phi) is 4.36. The molecule has 2 nitrogen and oxygen atoms in total. The molecular weight excluding hydrogens is 254 g/mol. The summed E-state index contributed by atoms with van der Waals surface area (Å²) in [4.78, 5) is 0. The smallest absolute Gasteiger partial charge is 0.0869 e. The van der Waals surface area contributed by atoms with E-state index in [-0.39, 0.29) is 0 Å². The fourth-order valence-corrected chi connectivity index (χ4v) is 3.55. The zero-order valence-electron chi connectivity index (χ0n) is 10.0. The van der Waals surface area contributed by atoms with E-state index in [2.05, 4.69) is 12.2 Å². The van der Waals surface area contributed by atoms with Gasteiger partial charge in [0, 0.05) is 23.9 Å². The van der Waals surface area contributed by atoms with Crippen molar-refractivity contribution in [2.75, 3.05) is 18.1 Å². The summed E-state index contributed by atoms with van der Waals surface area (Å²) < 4.78 is 0. The molecule has 0 aromatic heterocycles. The number of thioether (sulfide) groups is 1. The van der Waals surface area contributed by atoms with Gasteiger partial charge in [0.2, 0.25) is 0 Å². The Morgan fingerprint density at radius 3 is 3.00 bits per heavy atom. The Labute approximate surface area is 112 Å². The summed E-state index contributed by atoms with van der Waals surface area (Å²) in [7, 11) is 0. The number of aryl methyl sites for hydroxylation is 1. The average molecular weight is 272 g/mol. The quantitative estimate of drug-likeness (QED) is 0.883. The molecule has 1 atom stereocenters. The molecular formula is C13H18ClNOS. The molecule has 1 heterocycles. The fourth-order valence-electron chi connectivity index (χ4n) is 2.02. The first kappa shape index (κ1) is 13.2. The van der Waals surface area contributed by atoms with E-state index in [1.54, 1.807) is 0 Å². The Hall–Kier alpha value is -0.220. The molecule has 2 rings (SSSR count). The maximum atomic E-state index is 10.2. The van der Waals surface area contributed by atoms with Crippen LogP contribution < -0.4 is 5.32 Å². The van der Waals surface area contributed by atoms with Gasteiger partial charge in [0.25, 0.3) is 0 Å². The number of hydrogen-bond donors (Lipinski definition) is 2. The minimum atomic E-state index is -0.509. The van der Waals surface area contributed by atoms with Crippen LogP contribution in [0.3, 0.4) is 0 Å². The lowest BCUT2D eigenvalue weighted by Gasteiger charge is -2.22. The van der Waals surface area contributed by atoms with E-state index >= 15 is 0 Å². The number of benzene rings is 1. The largest absolute Gasteiger partial charge is 0.388 e. The van der Waals surface area contributed by atoms with Crippen molar-refractivity contribution < 1.29 is 5.11 Å². The lowest BCUT2D eigenvalue weighted by atomic mass is 10.0. The van der Waals surface area contributed by atoms with E-state index in [0.29, 0.717) is 6.54 Å². The van der Waals surface area contributed by atoms with Crippen molar-refractivity contribution in [3.8, 4) is 0 Å². The molecule has 1 aromatic carbocycles. The number of nitrogens with one attached hydrogen (secondary N) is 1. The molecule has 1 aromatic rings. The molecule has 0 aliphatic carbocycles. The zero-order valence-corrected chi connectivity index (χ0v) is 11.6. The molecule has 0 bridgehead atoms. The van der Waals surface area contributed by atoms with Crippen LogP contribution in [0.2, 0.25) is 5.02 Å². The van der Waals surface area contributed by atoms with E-state index in [0.717, 1.165) is 29.5 Å². The Bertz CT molecular complexity index is 391. The summed E-state index contributed by atoms with van der Waals surface area (Å²) in [6.07, 6.45) is 0.893. The van der Waals surface area contributed by atoms with Crippen LogP contribution in [0.1, 0.15) is 17.5 Å². The molecule has 1 aliphatic rings. The molecule has 0 saturated carbocycles. The van der Waals surface area contributed by atoms with Gasteiger partial charge in [-0.25, -0.2) is 0 Å². The van der Waals surface area contributed by atoms with Crippen LogP contribution in [0.25, 0.3) is 0 Å². The van der Waals surface area contributed by atoms with Crippen LogP contribution in [-0.4, -0.2) is 28.8 Å². The van der Waals surface area contributed by atoms with Crippen molar-refractivity contribution >= 4 is 23.4 Å². The normalized spacial score (nSPS) is 24.2. The van der Waals surface area contributed by atoms with E-state index < -0.39 is 5.60 Å². The number of rotatable bonds is 4. The van der Waals surface area contributed by atoms with Crippen LogP contribution in [0.15, 0.2) is 18.2 Å². The van der Waals surface area contributed by atoms with Crippen LogP contribution >= 0.6 is 23.4 Å². The lowest BCUT2D eigenvalue weighted by molar-refractivity contribution is 0.0674. The monoisotopic (exact) mass is 271 g/mol. The molecule has 17 heavy (non-hydrogen) atoms. The highest BCUT2D eigenvalue weighted by atomic mass is 35.5. The highest BCUT2D eigenvalue weighted by Gasteiger charge is 2.30. The summed E-state index contributed by atoms with van der Waals surface area (Å²) in [5.74, 6) is 1.91. The van der Waals surface area contributed by atoms with Crippen molar-refractivity contribution in [2.24, 2.45) is 0 Å². The fraction of sp³-hybridized carbons (Fsp3) is 0.538. The van der Waals surface area contributed by atoms with Gasteiger partial charge in [-0.15, -0.1) is 0 Å². The second-order valence-electron chi connectivity index (χ2n) is 4.70. The van der Waals surface area contributed by atoms with Crippen molar-refractivity contribution in [1.29, 1.82) is 0 Å². The van der Waals surface area contributed by atoms with Gasteiger partial charge in [-0.3, -0.25) is 0 Å². The SMILES string of the molecule is Cc1cc(Cl)ccc1CNC[C@@]1(O)CCSC1. The van der Waals surface area contributed by atoms with Crippen LogP contribution in [0.4, 0.5) is 0 Å². The first-order chi connectivity index (χ1) is 8.09. The molecule has 0 unspecified atom stereocenters. The number of hydrogen-bond acceptors (Lipinski definition) is 3. The minimum Gasteiger partial charge on any atom is -0.388 e. The summed E-state index contributed by atoms with van der Waals surface area (Å²) in [6.45, 7) is 3.51. The van der Waals surface area contributed by atoms with Gasteiger partial charge in [-0.2, -0.15) is 11.8 Å². The molecule has 0 amide bonds. The number of halogens is 1. The third-order valence-corrected chi connectivity index (χ3v) is 4.63. The van der Waals surface area contributed by atoms with Crippen LogP contribution in [-0.2, 0) is 6.54 Å². The summed E-state index contributed by atoms with van der Waals surface area (Å²) >= 11 is 7.74. The van der Waals surface area contributed by atoms with Crippen molar-refractivity contribution in [3.63, 3.8) is 0 Å². The van der Waals surface area contributed by atoms with Gasteiger partial charge in [0.1, 0.15) is 0 Å². The maximum Gasteiger partial charge on any atom is 0.0869 e. The average Bonchev–Trinajstić information content (AvgIpc) is 2.69. The van der Waals surface area contributed by atoms with Gasteiger partial charge >= 0.3 is 0 Å². The minimum absolute atomic E-state index is 0.509. The lowest BCUT2D eigenvalue weighted by Crippen LogP contribution is -2.40. The molecule has 0 spiro atoms. The van der Waals surface area contributed by atoms with Crippen LogP contribution in [0.5, 0.6) is 0 Å². The summed E-state index contributed by atoms with van der Waals surface area (Å²) in [5, 5.41) is 14.3. The molecule has 94 valence electrons. The van der Waals surface area contributed by atoms with Crippen molar-refractivity contribution in [3.05, 3.63) is 34.3 Å². The third kappa shape index (κ3) is 3.62. The molecule has 1 fully saturated rings. The topological polar surface area (TPSA) is 32.3 Å². The van der Waals surface area contributed by atoms with E-state index in [9.17, 15) is 5.11 Å². The highest BCUT2D eigenvalue weighted by molar-refractivity contribution is 7.99. The Morgan fingerprint density at radius 1 is 1.53 bits per heavy atom. The molecule has 1 aliphatic heterocycles. The summed E-state index contributed by atoms with van der Waals surface area (Å²) in [6, 6.07) is 5.92. The molecule has 4 heteroatoms. The zero-order chi connectivity index (χ0) is 12.3. The van der Waals surface area contributed by atoms with E-state index in [4.69, 9.17) is 11.6 Å². The second kappa shape index (κ2) is 5.61. The number of aliphatic hydroxyl groups is 1.